The Hall–Kier alpha value is -2.18. The van der Waals surface area contributed by atoms with Gasteiger partial charge in [-0.05, 0) is 24.6 Å². The predicted molar refractivity (Wildman–Crippen MR) is 96.4 cm³/mol. The van der Waals surface area contributed by atoms with Crippen LogP contribution >= 0.6 is 0 Å². The molecule has 0 saturated carbocycles. The molecule has 0 N–H and O–H groups in total. The van der Waals surface area contributed by atoms with E-state index in [1.807, 2.05) is 30.3 Å². The predicted octanol–water partition coefficient (Wildman–Crippen LogP) is 3.09. The van der Waals surface area contributed by atoms with Gasteiger partial charge in [-0.3, -0.25) is 0 Å². The minimum Gasteiger partial charge on any atom is -0.492 e. The quantitative estimate of drug-likeness (QED) is 0.707. The molecule has 0 radical (unpaired) electrons. The van der Waals surface area contributed by atoms with Crippen molar-refractivity contribution in [1.82, 2.24) is 0 Å². The lowest BCUT2D eigenvalue weighted by atomic mass is 10.1. The van der Waals surface area contributed by atoms with Gasteiger partial charge < -0.3 is 28.4 Å². The Morgan fingerprint density at radius 3 is 1.85 bits per heavy atom. The first-order valence-corrected chi connectivity index (χ1v) is 9.09. The second-order valence-corrected chi connectivity index (χ2v) is 5.79. The van der Waals surface area contributed by atoms with Gasteiger partial charge in [-0.2, -0.15) is 0 Å². The van der Waals surface area contributed by atoms with Gasteiger partial charge in [0.2, 0.25) is 0 Å². The fourth-order valence-electron chi connectivity index (χ4n) is 2.64. The van der Waals surface area contributed by atoms with E-state index in [1.54, 1.807) is 0 Å². The molecule has 0 unspecified atom stereocenters. The van der Waals surface area contributed by atoms with E-state index >= 15 is 0 Å². The van der Waals surface area contributed by atoms with Crippen LogP contribution < -0.4 is 9.47 Å². The molecule has 6 heteroatoms. The third-order valence-electron chi connectivity index (χ3n) is 3.89. The first kappa shape index (κ1) is 18.6. The molecule has 0 atom stereocenters. The summed E-state index contributed by atoms with van der Waals surface area (Å²) in [7, 11) is 0. The van der Waals surface area contributed by atoms with Crippen LogP contribution in [0.1, 0.15) is 12.8 Å². The van der Waals surface area contributed by atoms with Gasteiger partial charge in [0.25, 0.3) is 0 Å². The minimum absolute atomic E-state index is 0.452. The fourth-order valence-corrected chi connectivity index (χ4v) is 2.64. The molecule has 1 aromatic carbocycles. The monoisotopic (exact) mass is 362 g/mol. The smallest absolute Gasteiger partial charge is 0.161 e. The molecule has 0 bridgehead atoms. The van der Waals surface area contributed by atoms with Crippen LogP contribution in [-0.4, -0.2) is 52.9 Å². The molecule has 3 rings (SSSR count). The lowest BCUT2D eigenvalue weighted by molar-refractivity contribution is 0.0385. The zero-order chi connectivity index (χ0) is 17.9. The van der Waals surface area contributed by atoms with E-state index in [-0.39, 0.29) is 0 Å². The molecule has 1 aromatic rings. The molecule has 0 fully saturated rings. The van der Waals surface area contributed by atoms with Crippen molar-refractivity contribution in [2.75, 3.05) is 52.9 Å². The van der Waals surface area contributed by atoms with Gasteiger partial charge in [-0.15, -0.1) is 0 Å². The van der Waals surface area contributed by atoms with Crippen molar-refractivity contribution in [2.24, 2.45) is 0 Å². The first-order valence-electron chi connectivity index (χ1n) is 9.09. The standard InChI is InChI=1S/C20H26O6/c1-2-6-18-17(5-1)23-13-9-21-11-15-25-19-7-3-4-8-20(19)26-16-12-22-10-14-24-18/h1-3,5-7H,4,8-16H2. The lowest BCUT2D eigenvalue weighted by Gasteiger charge is -2.18. The molecule has 0 amide bonds. The van der Waals surface area contributed by atoms with E-state index < -0.39 is 0 Å². The normalized spacial score (nSPS) is 20.2. The fraction of sp³-hybridized carbons (Fsp3) is 0.500. The highest BCUT2D eigenvalue weighted by Crippen LogP contribution is 2.26. The molecule has 1 heterocycles. The summed E-state index contributed by atoms with van der Waals surface area (Å²) >= 11 is 0. The Bertz CT molecular complexity index is 610. The summed E-state index contributed by atoms with van der Waals surface area (Å²) in [5.41, 5.74) is 0. The van der Waals surface area contributed by atoms with Crippen LogP contribution in [0.5, 0.6) is 11.5 Å². The molecule has 0 saturated heterocycles. The van der Waals surface area contributed by atoms with Crippen LogP contribution in [0, 0.1) is 0 Å². The van der Waals surface area contributed by atoms with Crippen LogP contribution in [0.2, 0.25) is 0 Å². The van der Waals surface area contributed by atoms with Crippen LogP contribution in [0.25, 0.3) is 0 Å². The molecule has 6 nitrogen and oxygen atoms in total. The molecular formula is C20H26O6. The van der Waals surface area contributed by atoms with E-state index in [2.05, 4.69) is 6.08 Å². The number of hydrogen-bond acceptors (Lipinski definition) is 6. The molecule has 142 valence electrons. The van der Waals surface area contributed by atoms with E-state index in [0.29, 0.717) is 64.4 Å². The van der Waals surface area contributed by atoms with Gasteiger partial charge in [0.05, 0.1) is 26.4 Å². The second kappa shape index (κ2) is 10.7. The van der Waals surface area contributed by atoms with Crippen molar-refractivity contribution in [3.63, 3.8) is 0 Å². The van der Waals surface area contributed by atoms with Gasteiger partial charge in [0.1, 0.15) is 32.2 Å². The average molecular weight is 362 g/mol. The Morgan fingerprint density at radius 2 is 1.19 bits per heavy atom. The summed E-state index contributed by atoms with van der Waals surface area (Å²) in [6.45, 7) is 3.85. The summed E-state index contributed by atoms with van der Waals surface area (Å²) in [5.74, 6) is 3.08. The maximum absolute atomic E-state index is 5.82. The highest BCUT2D eigenvalue weighted by Gasteiger charge is 2.11. The zero-order valence-corrected chi connectivity index (χ0v) is 15.0. The van der Waals surface area contributed by atoms with Crippen molar-refractivity contribution in [3.8, 4) is 11.5 Å². The summed E-state index contributed by atoms with van der Waals surface area (Å²) in [5, 5.41) is 0. The van der Waals surface area contributed by atoms with E-state index in [0.717, 1.165) is 24.4 Å². The molecule has 0 spiro atoms. The molecule has 1 aliphatic heterocycles. The van der Waals surface area contributed by atoms with Crippen LogP contribution in [-0.2, 0) is 18.9 Å². The first-order chi connectivity index (χ1) is 12.9. The van der Waals surface area contributed by atoms with Gasteiger partial charge in [-0.1, -0.05) is 18.2 Å². The lowest BCUT2D eigenvalue weighted by Crippen LogP contribution is -2.15. The van der Waals surface area contributed by atoms with E-state index in [4.69, 9.17) is 28.4 Å². The van der Waals surface area contributed by atoms with E-state index in [9.17, 15) is 0 Å². The molecule has 0 aromatic heterocycles. The molecule has 1 aliphatic carbocycles. The van der Waals surface area contributed by atoms with Crippen LogP contribution in [0.15, 0.2) is 47.9 Å². The van der Waals surface area contributed by atoms with Crippen molar-refractivity contribution in [3.05, 3.63) is 47.9 Å². The summed E-state index contributed by atoms with van der Waals surface area (Å²) in [4.78, 5) is 0. The zero-order valence-electron chi connectivity index (χ0n) is 15.0. The summed E-state index contributed by atoms with van der Waals surface area (Å²) in [6, 6.07) is 7.60. The average Bonchev–Trinajstić information content (AvgIpc) is 2.68. The highest BCUT2D eigenvalue weighted by molar-refractivity contribution is 5.39. The van der Waals surface area contributed by atoms with Crippen LogP contribution in [0.4, 0.5) is 0 Å². The Balaban J connectivity index is 1.54. The van der Waals surface area contributed by atoms with Gasteiger partial charge in [0.15, 0.2) is 17.3 Å². The topological polar surface area (TPSA) is 55.4 Å². The summed E-state index contributed by atoms with van der Waals surface area (Å²) < 4.78 is 34.3. The van der Waals surface area contributed by atoms with Crippen molar-refractivity contribution in [2.45, 2.75) is 12.8 Å². The van der Waals surface area contributed by atoms with Gasteiger partial charge in [-0.25, -0.2) is 0 Å². The number of benzene rings is 1. The van der Waals surface area contributed by atoms with E-state index in [1.165, 1.54) is 0 Å². The maximum Gasteiger partial charge on any atom is 0.161 e. The maximum atomic E-state index is 5.82. The third-order valence-corrected chi connectivity index (χ3v) is 3.89. The Morgan fingerprint density at radius 1 is 0.615 bits per heavy atom. The van der Waals surface area contributed by atoms with Crippen molar-refractivity contribution in [1.29, 1.82) is 0 Å². The second-order valence-electron chi connectivity index (χ2n) is 5.79. The molecule has 26 heavy (non-hydrogen) atoms. The minimum atomic E-state index is 0.452. The number of ether oxygens (including phenoxy) is 6. The van der Waals surface area contributed by atoms with Crippen molar-refractivity contribution >= 4 is 0 Å². The Labute approximate surface area is 154 Å². The number of hydrogen-bond donors (Lipinski definition) is 0. The SMILES string of the molecule is C1=CC2=C(CC1)OCCOCCOc1ccccc1OCCOCCO2. The number of allylic oxidation sites excluding steroid dienone is 3. The summed E-state index contributed by atoms with van der Waals surface area (Å²) in [6.07, 6.45) is 5.87. The number of rotatable bonds is 0. The van der Waals surface area contributed by atoms with Crippen molar-refractivity contribution < 1.29 is 28.4 Å². The molecular weight excluding hydrogens is 336 g/mol. The Kier molecular flexibility index (Phi) is 7.68. The van der Waals surface area contributed by atoms with Crippen LogP contribution in [0.3, 0.4) is 0 Å². The van der Waals surface area contributed by atoms with Gasteiger partial charge >= 0.3 is 0 Å². The van der Waals surface area contributed by atoms with Gasteiger partial charge in [0, 0.05) is 6.42 Å². The largest absolute Gasteiger partial charge is 0.492 e. The number of para-hydroxylation sites is 2. The highest BCUT2D eigenvalue weighted by atomic mass is 16.6. The number of fused-ring (bicyclic) bond motifs is 1. The third kappa shape index (κ3) is 5.97. The molecule has 2 aliphatic rings.